The molecule has 0 saturated carbocycles. The molecule has 5 nitrogen and oxygen atoms in total. The quantitative estimate of drug-likeness (QED) is 0.162. The fraction of sp³-hybridized carbons (Fsp3) is 0.400. The zero-order chi connectivity index (χ0) is 29.6. The van der Waals surface area contributed by atoms with Gasteiger partial charge in [0.15, 0.2) is 0 Å². The summed E-state index contributed by atoms with van der Waals surface area (Å²) in [5, 5.41) is 3.42. The molecule has 3 aromatic rings. The first-order chi connectivity index (χ1) is 18.4. The van der Waals surface area contributed by atoms with E-state index >= 15 is 0 Å². The average Bonchev–Trinajstić information content (AvgIpc) is 3.19. The molecule has 2 aliphatic heterocycles. The molecule has 216 valence electrons. The summed E-state index contributed by atoms with van der Waals surface area (Å²) in [7, 11) is -3.18. The molecule has 0 unspecified atom stereocenters. The van der Waals surface area contributed by atoms with Crippen LogP contribution in [0.5, 0.6) is 23.0 Å². The van der Waals surface area contributed by atoms with Crippen LogP contribution in [0.2, 0.25) is 20.1 Å². The van der Waals surface area contributed by atoms with Crippen LogP contribution in [0.25, 0.3) is 0 Å². The number of rotatable bonds is 1. The van der Waals surface area contributed by atoms with Crippen molar-refractivity contribution in [3.63, 3.8) is 0 Å². The molecule has 1 N–H and O–H groups in total. The van der Waals surface area contributed by atoms with Crippen molar-refractivity contribution in [1.82, 2.24) is 5.09 Å². The summed E-state index contributed by atoms with van der Waals surface area (Å²) in [4.78, 5) is 0. The number of hydrogen-bond donors (Lipinski definition) is 1. The Morgan fingerprint density at radius 3 is 1.27 bits per heavy atom. The predicted molar refractivity (Wildman–Crippen MR) is 168 cm³/mol. The second-order valence-electron chi connectivity index (χ2n) is 12.6. The Hall–Kier alpha value is -1.59. The summed E-state index contributed by atoms with van der Waals surface area (Å²) in [5.41, 5.74) is 5.60. The molecule has 0 aromatic heterocycles. The summed E-state index contributed by atoms with van der Waals surface area (Å²) in [6.07, 6.45) is 0.586. The monoisotopic (exact) mass is 643 g/mol. The van der Waals surface area contributed by atoms with Crippen LogP contribution in [0.15, 0.2) is 24.3 Å². The Balaban J connectivity index is 1.91. The van der Waals surface area contributed by atoms with Crippen LogP contribution in [0.4, 0.5) is 0 Å². The van der Waals surface area contributed by atoms with Gasteiger partial charge in [-0.15, -0.1) is 0 Å². The fourth-order valence-electron chi connectivity index (χ4n) is 5.17. The van der Waals surface area contributed by atoms with E-state index in [2.05, 4.69) is 84.7 Å². The normalized spacial score (nSPS) is 18.0. The van der Waals surface area contributed by atoms with E-state index in [1.54, 1.807) is 7.05 Å². The summed E-state index contributed by atoms with van der Waals surface area (Å²) < 4.78 is 27.3. The first-order valence-corrected chi connectivity index (χ1v) is 16.5. The molecule has 10 heteroatoms. The molecule has 3 aromatic carbocycles. The number of hydrogen-bond acceptors (Lipinski definition) is 5. The molecule has 1 spiro atoms. The molecule has 2 aliphatic rings. The minimum absolute atomic E-state index is 0.0511. The molecule has 0 fully saturated rings. The molecule has 2 heterocycles. The van der Waals surface area contributed by atoms with E-state index < -0.39 is 7.66 Å². The van der Waals surface area contributed by atoms with Gasteiger partial charge < -0.3 is 0 Å². The van der Waals surface area contributed by atoms with Crippen molar-refractivity contribution in [2.75, 3.05) is 7.05 Å². The van der Waals surface area contributed by atoms with Gasteiger partial charge in [-0.25, -0.2) is 0 Å². The Morgan fingerprint density at radius 2 is 0.950 bits per heavy atom. The van der Waals surface area contributed by atoms with Gasteiger partial charge in [-0.2, -0.15) is 0 Å². The van der Waals surface area contributed by atoms with E-state index in [0.717, 1.165) is 33.4 Å². The summed E-state index contributed by atoms with van der Waals surface area (Å²) >= 11 is 26.2. The Labute approximate surface area is 256 Å². The maximum absolute atomic E-state index is 7.01. The van der Waals surface area contributed by atoms with E-state index in [1.807, 2.05) is 0 Å². The van der Waals surface area contributed by atoms with Crippen LogP contribution in [-0.4, -0.2) is 7.05 Å². The second kappa shape index (κ2) is 9.46. The fourth-order valence-corrected chi connectivity index (χ4v) is 8.80. The molecular formula is C30H34Cl4NO4P. The van der Waals surface area contributed by atoms with Crippen LogP contribution in [0.3, 0.4) is 0 Å². The van der Waals surface area contributed by atoms with E-state index in [1.165, 1.54) is 0 Å². The van der Waals surface area contributed by atoms with Crippen LogP contribution in [-0.2, 0) is 17.3 Å². The first kappa shape index (κ1) is 29.9. The molecule has 0 bridgehead atoms. The number of aryl methyl sites for hydroxylation is 2. The van der Waals surface area contributed by atoms with Crippen molar-refractivity contribution in [2.24, 2.45) is 0 Å². The predicted octanol–water partition coefficient (Wildman–Crippen LogP) is 10.7. The topological polar surface area (TPSA) is 49.0 Å². The first-order valence-electron chi connectivity index (χ1n) is 13.0. The van der Waals surface area contributed by atoms with E-state index in [9.17, 15) is 0 Å². The molecule has 5 rings (SSSR count). The summed E-state index contributed by atoms with van der Waals surface area (Å²) in [6.45, 7) is 17.0. The zero-order valence-electron chi connectivity index (χ0n) is 24.1. The van der Waals surface area contributed by atoms with Crippen LogP contribution >= 0.6 is 54.1 Å². The standard InChI is InChI=1S/C30H34Cl4NO4P/c1-15-10-17-14-18-11-16(2)13-20(30(6,7)8)26(18)37-40(35-9,36-25(17)19(12-15)29(3,4)5)38-27-23(33)21(31)22(32)24(34)28(27)39-40/h10-13,35H,14H2,1-9H3. The van der Waals surface area contributed by atoms with Gasteiger partial charge in [-0.3, -0.25) is 0 Å². The van der Waals surface area contributed by atoms with Crippen LogP contribution < -0.4 is 23.2 Å². The number of fused-ring (bicyclic) bond motifs is 3. The van der Waals surface area contributed by atoms with E-state index in [-0.39, 0.29) is 42.4 Å². The Bertz CT molecular complexity index is 1460. The SMILES string of the molecule is CNP12(Oc3c(cc(C)cc3C(C)(C)C)Cc3cc(C)cc(C(C)(C)C)c3O1)Oc1c(Cl)c(Cl)c(Cl)c(Cl)c1O2. The van der Waals surface area contributed by atoms with Gasteiger partial charge in [0.2, 0.25) is 0 Å². The number of halogens is 4. The zero-order valence-corrected chi connectivity index (χ0v) is 28.0. The van der Waals surface area contributed by atoms with Gasteiger partial charge >= 0.3 is 258 Å². The van der Waals surface area contributed by atoms with Crippen LogP contribution in [0, 0.1) is 13.8 Å². The van der Waals surface area contributed by atoms with Crippen molar-refractivity contribution in [3.05, 3.63) is 77.7 Å². The summed E-state index contributed by atoms with van der Waals surface area (Å²) in [5.74, 6) is 1.44. The van der Waals surface area contributed by atoms with E-state index in [4.69, 9.17) is 64.5 Å². The van der Waals surface area contributed by atoms with E-state index in [0.29, 0.717) is 17.9 Å². The maximum atomic E-state index is 7.01. The van der Waals surface area contributed by atoms with Gasteiger partial charge in [0.25, 0.3) is 0 Å². The molecular weight excluding hydrogens is 611 g/mol. The Kier molecular flexibility index (Phi) is 7.07. The second-order valence-corrected chi connectivity index (χ2v) is 16.9. The molecule has 40 heavy (non-hydrogen) atoms. The molecule has 0 radical (unpaired) electrons. The van der Waals surface area contributed by atoms with Gasteiger partial charge in [0, 0.05) is 0 Å². The molecule has 0 amide bonds. The third kappa shape index (κ3) is 4.71. The van der Waals surface area contributed by atoms with Gasteiger partial charge in [0.1, 0.15) is 0 Å². The van der Waals surface area contributed by atoms with Gasteiger partial charge in [-0.1, -0.05) is 0 Å². The average molecular weight is 645 g/mol. The minimum atomic E-state index is -4.85. The van der Waals surface area contributed by atoms with Gasteiger partial charge in [-0.05, 0) is 0 Å². The third-order valence-electron chi connectivity index (χ3n) is 7.16. The molecule has 0 atom stereocenters. The third-order valence-corrected chi connectivity index (χ3v) is 11.6. The number of benzene rings is 3. The molecule has 0 saturated heterocycles. The number of nitrogens with one attached hydrogen (secondary N) is 1. The summed E-state index contributed by atoms with van der Waals surface area (Å²) in [6, 6.07) is 8.52. The van der Waals surface area contributed by atoms with Crippen molar-refractivity contribution >= 4 is 54.1 Å². The van der Waals surface area contributed by atoms with Crippen molar-refractivity contribution < 1.29 is 18.1 Å². The van der Waals surface area contributed by atoms with Crippen molar-refractivity contribution in [3.8, 4) is 23.0 Å². The van der Waals surface area contributed by atoms with Crippen molar-refractivity contribution in [1.29, 1.82) is 0 Å². The molecule has 0 aliphatic carbocycles. The van der Waals surface area contributed by atoms with Gasteiger partial charge in [0.05, 0.1) is 0 Å². The van der Waals surface area contributed by atoms with Crippen LogP contribution in [0.1, 0.15) is 74.9 Å². The Morgan fingerprint density at radius 1 is 0.600 bits per heavy atom. The van der Waals surface area contributed by atoms with Crippen molar-refractivity contribution in [2.45, 2.75) is 72.6 Å².